The van der Waals surface area contributed by atoms with Crippen LogP contribution in [0.2, 0.25) is 0 Å². The average Bonchev–Trinajstić information content (AvgIpc) is 2.42. The second kappa shape index (κ2) is 6.05. The first-order valence-corrected chi connectivity index (χ1v) is 6.22. The fourth-order valence-corrected chi connectivity index (χ4v) is 2.02. The van der Waals surface area contributed by atoms with Crippen LogP contribution in [0.15, 0.2) is 54.9 Å². The van der Waals surface area contributed by atoms with Gasteiger partial charge in [-0.05, 0) is 6.42 Å². The topological polar surface area (TPSA) is 32.3 Å². The Morgan fingerprint density at radius 3 is 2.89 bits per heavy atom. The van der Waals surface area contributed by atoms with Gasteiger partial charge in [-0.25, -0.2) is 0 Å². The summed E-state index contributed by atoms with van der Waals surface area (Å²) in [6, 6.07) is 9.33. The van der Waals surface area contributed by atoms with E-state index in [0.29, 0.717) is 0 Å². The Balaban J connectivity index is 2.15. The zero-order valence-electron chi connectivity index (χ0n) is 10.4. The molecule has 0 aromatic heterocycles. The summed E-state index contributed by atoms with van der Waals surface area (Å²) in [5.41, 5.74) is 0.718. The van der Waals surface area contributed by atoms with Crippen molar-refractivity contribution in [2.75, 3.05) is 19.6 Å². The van der Waals surface area contributed by atoms with Gasteiger partial charge in [0.15, 0.2) is 5.78 Å². The summed E-state index contributed by atoms with van der Waals surface area (Å²) in [5.74, 6) is 0.934. The molecular formula is C15H18N2O. The number of nitrogens with zero attached hydrogens (tertiary/aromatic N) is 1. The normalized spacial score (nSPS) is 17.3. The molecule has 0 bridgehead atoms. The predicted octanol–water partition coefficient (Wildman–Crippen LogP) is 2.19. The maximum absolute atomic E-state index is 12.1. The highest BCUT2D eigenvalue weighted by atomic mass is 16.1. The molecule has 3 nitrogen and oxygen atoms in total. The van der Waals surface area contributed by atoms with Crippen LogP contribution in [0.25, 0.3) is 0 Å². The molecule has 1 aliphatic heterocycles. The van der Waals surface area contributed by atoms with Crippen LogP contribution in [-0.4, -0.2) is 30.3 Å². The zero-order valence-corrected chi connectivity index (χ0v) is 10.4. The second-order valence-corrected chi connectivity index (χ2v) is 4.27. The highest BCUT2D eigenvalue weighted by Crippen LogP contribution is 2.10. The van der Waals surface area contributed by atoms with Crippen LogP contribution in [0, 0.1) is 0 Å². The summed E-state index contributed by atoms with van der Waals surface area (Å²) in [6.45, 7) is 6.39. The van der Waals surface area contributed by atoms with Gasteiger partial charge < -0.3 is 10.2 Å². The van der Waals surface area contributed by atoms with Crippen molar-refractivity contribution in [2.24, 2.45) is 0 Å². The van der Waals surface area contributed by atoms with E-state index in [-0.39, 0.29) is 5.78 Å². The van der Waals surface area contributed by atoms with Gasteiger partial charge in [0, 0.05) is 31.3 Å². The second-order valence-electron chi connectivity index (χ2n) is 4.27. The fourth-order valence-electron chi connectivity index (χ4n) is 2.02. The van der Waals surface area contributed by atoms with Gasteiger partial charge in [0.1, 0.15) is 5.82 Å². The molecule has 0 atom stereocenters. The average molecular weight is 242 g/mol. The van der Waals surface area contributed by atoms with E-state index in [9.17, 15) is 4.79 Å². The van der Waals surface area contributed by atoms with Crippen molar-refractivity contribution in [3.63, 3.8) is 0 Å². The van der Waals surface area contributed by atoms with Crippen LogP contribution in [0.4, 0.5) is 0 Å². The standard InChI is InChI=1S/C15H18N2O/c1-2-10-17-11-6-9-16-15(17)12-14(18)13-7-4-3-5-8-13/h2-5,7-8,12,16H,1,6,9-11H2/b15-12+. The molecule has 0 aliphatic carbocycles. The van der Waals surface area contributed by atoms with E-state index >= 15 is 0 Å². The van der Waals surface area contributed by atoms with Crippen LogP contribution in [0.1, 0.15) is 16.8 Å². The van der Waals surface area contributed by atoms with Crippen molar-refractivity contribution in [2.45, 2.75) is 6.42 Å². The third kappa shape index (κ3) is 3.00. The number of hydrogen-bond donors (Lipinski definition) is 1. The lowest BCUT2D eigenvalue weighted by Crippen LogP contribution is -2.39. The lowest BCUT2D eigenvalue weighted by atomic mass is 10.1. The smallest absolute Gasteiger partial charge is 0.189 e. The molecule has 0 spiro atoms. The number of nitrogens with one attached hydrogen (secondary N) is 1. The molecule has 94 valence electrons. The summed E-state index contributed by atoms with van der Waals surface area (Å²) in [7, 11) is 0. The Morgan fingerprint density at radius 2 is 2.17 bits per heavy atom. The van der Waals surface area contributed by atoms with Crippen LogP contribution in [-0.2, 0) is 0 Å². The highest BCUT2D eigenvalue weighted by molar-refractivity contribution is 6.04. The summed E-state index contributed by atoms with van der Waals surface area (Å²) in [4.78, 5) is 14.2. The molecule has 1 aromatic rings. The van der Waals surface area contributed by atoms with Crippen molar-refractivity contribution >= 4 is 5.78 Å². The van der Waals surface area contributed by atoms with Crippen LogP contribution >= 0.6 is 0 Å². The molecule has 1 aliphatic rings. The van der Waals surface area contributed by atoms with Crippen molar-refractivity contribution in [3.8, 4) is 0 Å². The minimum absolute atomic E-state index is 0.0362. The largest absolute Gasteiger partial charge is 0.372 e. The number of rotatable bonds is 4. The maximum atomic E-state index is 12.1. The molecule has 0 radical (unpaired) electrons. The molecule has 1 N–H and O–H groups in total. The van der Waals surface area contributed by atoms with E-state index in [0.717, 1.165) is 37.4 Å². The Kier molecular flexibility index (Phi) is 4.18. The highest BCUT2D eigenvalue weighted by Gasteiger charge is 2.14. The maximum Gasteiger partial charge on any atom is 0.189 e. The van der Waals surface area contributed by atoms with Crippen molar-refractivity contribution in [1.29, 1.82) is 0 Å². The zero-order chi connectivity index (χ0) is 12.8. The summed E-state index contributed by atoms with van der Waals surface area (Å²) < 4.78 is 0. The van der Waals surface area contributed by atoms with Crippen LogP contribution < -0.4 is 5.32 Å². The molecule has 3 heteroatoms. The SMILES string of the molecule is C=CCN1CCCN/C1=C\C(=O)c1ccccc1. The Morgan fingerprint density at radius 1 is 1.39 bits per heavy atom. The lowest BCUT2D eigenvalue weighted by Gasteiger charge is -2.31. The van der Waals surface area contributed by atoms with Crippen molar-refractivity contribution in [1.82, 2.24) is 10.2 Å². The third-order valence-corrected chi connectivity index (χ3v) is 2.93. The number of ketones is 1. The number of benzene rings is 1. The van der Waals surface area contributed by atoms with Crippen LogP contribution in [0.3, 0.4) is 0 Å². The molecule has 2 rings (SSSR count). The summed E-state index contributed by atoms with van der Waals surface area (Å²) in [5, 5.41) is 3.27. The first kappa shape index (κ1) is 12.4. The van der Waals surface area contributed by atoms with Crippen LogP contribution in [0.5, 0.6) is 0 Å². The first-order chi connectivity index (χ1) is 8.81. The van der Waals surface area contributed by atoms with Gasteiger partial charge in [0.25, 0.3) is 0 Å². The van der Waals surface area contributed by atoms with Gasteiger partial charge in [0.2, 0.25) is 0 Å². The quantitative estimate of drug-likeness (QED) is 0.499. The summed E-state index contributed by atoms with van der Waals surface area (Å²) >= 11 is 0. The third-order valence-electron chi connectivity index (χ3n) is 2.93. The van der Waals surface area contributed by atoms with E-state index in [1.807, 2.05) is 36.4 Å². The minimum Gasteiger partial charge on any atom is -0.372 e. The Bertz CT molecular complexity index is 451. The molecule has 1 fully saturated rings. The van der Waals surface area contributed by atoms with Crippen molar-refractivity contribution < 1.29 is 4.79 Å². The fraction of sp³-hybridized carbons (Fsp3) is 0.267. The van der Waals surface area contributed by atoms with Gasteiger partial charge in [-0.15, -0.1) is 6.58 Å². The first-order valence-electron chi connectivity index (χ1n) is 6.22. The summed E-state index contributed by atoms with van der Waals surface area (Å²) in [6.07, 6.45) is 4.62. The van der Waals surface area contributed by atoms with Gasteiger partial charge in [0.05, 0.1) is 0 Å². The van der Waals surface area contributed by atoms with E-state index in [1.54, 1.807) is 6.08 Å². The molecule has 1 saturated heterocycles. The molecule has 1 aromatic carbocycles. The molecule has 18 heavy (non-hydrogen) atoms. The number of hydrogen-bond acceptors (Lipinski definition) is 3. The monoisotopic (exact) mass is 242 g/mol. The molecule has 0 amide bonds. The number of carbonyl (C=O) groups excluding carboxylic acids is 1. The Hall–Kier alpha value is -2.03. The molecule has 0 unspecified atom stereocenters. The molecule has 1 heterocycles. The number of allylic oxidation sites excluding steroid dienone is 1. The van der Waals surface area contributed by atoms with Gasteiger partial charge in [-0.2, -0.15) is 0 Å². The molecular weight excluding hydrogens is 224 g/mol. The lowest BCUT2D eigenvalue weighted by molar-refractivity contribution is 0.104. The van der Waals surface area contributed by atoms with Crippen molar-refractivity contribution in [3.05, 3.63) is 60.4 Å². The van der Waals surface area contributed by atoms with E-state index in [4.69, 9.17) is 0 Å². The van der Waals surface area contributed by atoms with Gasteiger partial charge >= 0.3 is 0 Å². The minimum atomic E-state index is 0.0362. The van der Waals surface area contributed by atoms with Gasteiger partial charge in [-0.3, -0.25) is 4.79 Å². The molecule has 0 saturated carbocycles. The van der Waals surface area contributed by atoms with Gasteiger partial charge in [-0.1, -0.05) is 36.4 Å². The predicted molar refractivity (Wildman–Crippen MR) is 73.2 cm³/mol. The Labute approximate surface area is 108 Å². The number of carbonyl (C=O) groups is 1. The van der Waals surface area contributed by atoms with E-state index in [2.05, 4.69) is 16.8 Å². The van der Waals surface area contributed by atoms with E-state index < -0.39 is 0 Å². The van der Waals surface area contributed by atoms with E-state index in [1.165, 1.54) is 0 Å².